The summed E-state index contributed by atoms with van der Waals surface area (Å²) in [4.78, 5) is 11.7. The molecule has 0 heterocycles. The van der Waals surface area contributed by atoms with Gasteiger partial charge in [-0.1, -0.05) is 43.3 Å². The maximum Gasteiger partial charge on any atom is 0.336 e. The summed E-state index contributed by atoms with van der Waals surface area (Å²) in [6, 6.07) is 16.7. The predicted molar refractivity (Wildman–Crippen MR) is 81.6 cm³/mol. The van der Waals surface area contributed by atoms with Gasteiger partial charge in [0.1, 0.15) is 11.8 Å². The first-order valence-corrected chi connectivity index (χ1v) is 6.71. The third-order valence-corrected chi connectivity index (χ3v) is 3.04. The molecule has 2 rings (SSSR count). The van der Waals surface area contributed by atoms with Crippen LogP contribution in [0.2, 0.25) is 0 Å². The minimum Gasteiger partial charge on any atom is -0.423 e. The number of hydrogen-bond donors (Lipinski definition) is 0. The molecule has 0 bridgehead atoms. The molecule has 0 aliphatic carbocycles. The normalized spacial score (nSPS) is 10.3. The van der Waals surface area contributed by atoms with E-state index >= 15 is 0 Å². The number of carbonyl (C=O) groups is 1. The standard InChI is InChI=1S/C18H15NO2/c1-2-14-7-6-8-15(17(14)13-19)11-12-18(20)21-16-9-4-3-5-10-16/h3-12H,2H2,1H3/b12-11+. The molecule has 0 radical (unpaired) electrons. The first-order valence-electron chi connectivity index (χ1n) is 6.71. The molecule has 0 saturated heterocycles. The van der Waals surface area contributed by atoms with E-state index in [9.17, 15) is 10.1 Å². The molecule has 0 fully saturated rings. The second-order valence-electron chi connectivity index (χ2n) is 4.41. The zero-order chi connectivity index (χ0) is 15.1. The molecular formula is C18H15NO2. The van der Waals surface area contributed by atoms with Gasteiger partial charge in [0.25, 0.3) is 0 Å². The van der Waals surface area contributed by atoms with Gasteiger partial charge in [-0.2, -0.15) is 5.26 Å². The van der Waals surface area contributed by atoms with E-state index in [0.717, 1.165) is 17.5 Å². The molecule has 0 aliphatic rings. The summed E-state index contributed by atoms with van der Waals surface area (Å²) in [5, 5.41) is 9.23. The Morgan fingerprint density at radius 2 is 1.95 bits per heavy atom. The average molecular weight is 277 g/mol. The lowest BCUT2D eigenvalue weighted by atomic mass is 10.00. The monoisotopic (exact) mass is 277 g/mol. The van der Waals surface area contributed by atoms with Gasteiger partial charge in [0.05, 0.1) is 5.56 Å². The Bertz CT molecular complexity index is 697. The third-order valence-electron chi connectivity index (χ3n) is 3.04. The summed E-state index contributed by atoms with van der Waals surface area (Å²) < 4.78 is 5.16. The van der Waals surface area contributed by atoms with E-state index in [0.29, 0.717) is 11.3 Å². The quantitative estimate of drug-likeness (QED) is 0.486. The summed E-state index contributed by atoms with van der Waals surface area (Å²) in [5.41, 5.74) is 2.29. The van der Waals surface area contributed by atoms with Crippen molar-refractivity contribution in [3.05, 3.63) is 71.3 Å². The van der Waals surface area contributed by atoms with E-state index in [1.165, 1.54) is 6.08 Å². The molecule has 0 saturated carbocycles. The second-order valence-corrected chi connectivity index (χ2v) is 4.41. The van der Waals surface area contributed by atoms with Crippen molar-refractivity contribution in [2.75, 3.05) is 0 Å². The number of para-hydroxylation sites is 1. The van der Waals surface area contributed by atoms with Crippen LogP contribution < -0.4 is 4.74 Å². The smallest absolute Gasteiger partial charge is 0.336 e. The minimum atomic E-state index is -0.466. The number of rotatable bonds is 4. The van der Waals surface area contributed by atoms with Gasteiger partial charge in [-0.3, -0.25) is 0 Å². The maximum atomic E-state index is 11.7. The van der Waals surface area contributed by atoms with Crippen LogP contribution in [-0.4, -0.2) is 5.97 Å². The highest BCUT2D eigenvalue weighted by molar-refractivity contribution is 5.89. The molecule has 2 aromatic rings. The number of benzene rings is 2. The average Bonchev–Trinajstić information content (AvgIpc) is 2.53. The Morgan fingerprint density at radius 1 is 1.19 bits per heavy atom. The first-order chi connectivity index (χ1) is 10.2. The Kier molecular flexibility index (Phi) is 4.89. The van der Waals surface area contributed by atoms with Gasteiger partial charge in [0, 0.05) is 6.08 Å². The van der Waals surface area contributed by atoms with E-state index < -0.39 is 5.97 Å². The zero-order valence-corrected chi connectivity index (χ0v) is 11.7. The summed E-state index contributed by atoms with van der Waals surface area (Å²) >= 11 is 0. The van der Waals surface area contributed by atoms with Crippen molar-refractivity contribution in [1.29, 1.82) is 5.26 Å². The van der Waals surface area contributed by atoms with Gasteiger partial charge >= 0.3 is 5.97 Å². The number of ether oxygens (including phenoxy) is 1. The highest BCUT2D eigenvalue weighted by atomic mass is 16.5. The van der Waals surface area contributed by atoms with E-state index in [1.54, 1.807) is 30.3 Å². The number of carbonyl (C=O) groups excluding carboxylic acids is 1. The highest BCUT2D eigenvalue weighted by Crippen LogP contribution is 2.16. The van der Waals surface area contributed by atoms with Gasteiger partial charge < -0.3 is 4.74 Å². The zero-order valence-electron chi connectivity index (χ0n) is 11.7. The molecule has 0 unspecified atom stereocenters. The van der Waals surface area contributed by atoms with Crippen molar-refractivity contribution in [1.82, 2.24) is 0 Å². The van der Waals surface area contributed by atoms with E-state index in [4.69, 9.17) is 4.74 Å². The van der Waals surface area contributed by atoms with Crippen molar-refractivity contribution in [3.63, 3.8) is 0 Å². The number of esters is 1. The predicted octanol–water partition coefficient (Wildman–Crippen LogP) is 3.74. The molecule has 104 valence electrons. The van der Waals surface area contributed by atoms with E-state index in [-0.39, 0.29) is 0 Å². The lowest BCUT2D eigenvalue weighted by molar-refractivity contribution is -0.128. The van der Waals surface area contributed by atoms with Crippen LogP contribution >= 0.6 is 0 Å². The minimum absolute atomic E-state index is 0.466. The molecule has 0 aromatic heterocycles. The van der Waals surface area contributed by atoms with Crippen LogP contribution in [0.3, 0.4) is 0 Å². The van der Waals surface area contributed by atoms with Crippen molar-refractivity contribution in [2.45, 2.75) is 13.3 Å². The maximum absolute atomic E-state index is 11.7. The molecule has 0 aliphatic heterocycles. The lowest BCUT2D eigenvalue weighted by Crippen LogP contribution is -2.03. The lowest BCUT2D eigenvalue weighted by Gasteiger charge is -2.04. The Hall–Kier alpha value is -2.86. The van der Waals surface area contributed by atoms with E-state index in [1.807, 2.05) is 31.2 Å². The van der Waals surface area contributed by atoms with Crippen molar-refractivity contribution in [3.8, 4) is 11.8 Å². The van der Waals surface area contributed by atoms with Crippen LogP contribution in [0.15, 0.2) is 54.6 Å². The fourth-order valence-electron chi connectivity index (χ4n) is 1.99. The van der Waals surface area contributed by atoms with Gasteiger partial charge in [-0.25, -0.2) is 4.79 Å². The molecule has 3 heteroatoms. The van der Waals surface area contributed by atoms with Gasteiger partial charge in [-0.15, -0.1) is 0 Å². The van der Waals surface area contributed by atoms with Crippen LogP contribution in [0, 0.1) is 11.3 Å². The van der Waals surface area contributed by atoms with Crippen molar-refractivity contribution < 1.29 is 9.53 Å². The summed E-state index contributed by atoms with van der Waals surface area (Å²) in [5.74, 6) is 0.0296. The molecule has 2 aromatic carbocycles. The molecule has 0 N–H and O–H groups in total. The molecule has 0 amide bonds. The van der Waals surface area contributed by atoms with Crippen LogP contribution in [0.4, 0.5) is 0 Å². The number of aryl methyl sites for hydroxylation is 1. The number of nitrogens with zero attached hydrogens (tertiary/aromatic N) is 1. The highest BCUT2D eigenvalue weighted by Gasteiger charge is 2.05. The largest absolute Gasteiger partial charge is 0.423 e. The Morgan fingerprint density at radius 3 is 2.62 bits per heavy atom. The fraction of sp³-hybridized carbons (Fsp3) is 0.111. The van der Waals surface area contributed by atoms with Gasteiger partial charge in [0.2, 0.25) is 0 Å². The number of nitriles is 1. The van der Waals surface area contributed by atoms with Gasteiger partial charge in [0.15, 0.2) is 0 Å². The molecule has 3 nitrogen and oxygen atoms in total. The summed E-state index contributed by atoms with van der Waals surface area (Å²) in [6.07, 6.45) is 3.73. The fourth-order valence-corrected chi connectivity index (χ4v) is 1.99. The van der Waals surface area contributed by atoms with Crippen molar-refractivity contribution >= 4 is 12.0 Å². The van der Waals surface area contributed by atoms with Gasteiger partial charge in [-0.05, 0) is 35.8 Å². The summed E-state index contributed by atoms with van der Waals surface area (Å²) in [7, 11) is 0. The SMILES string of the molecule is CCc1cccc(/C=C/C(=O)Oc2ccccc2)c1C#N. The van der Waals surface area contributed by atoms with Crippen LogP contribution in [0.25, 0.3) is 6.08 Å². The first kappa shape index (κ1) is 14.5. The van der Waals surface area contributed by atoms with Crippen LogP contribution in [0.5, 0.6) is 5.75 Å². The van der Waals surface area contributed by atoms with Crippen LogP contribution in [0.1, 0.15) is 23.6 Å². The molecular weight excluding hydrogens is 262 g/mol. The topological polar surface area (TPSA) is 50.1 Å². The van der Waals surface area contributed by atoms with E-state index in [2.05, 4.69) is 6.07 Å². The van der Waals surface area contributed by atoms with Crippen LogP contribution in [-0.2, 0) is 11.2 Å². The summed E-state index contributed by atoms with van der Waals surface area (Å²) in [6.45, 7) is 1.99. The molecule has 21 heavy (non-hydrogen) atoms. The molecule has 0 atom stereocenters. The third kappa shape index (κ3) is 3.80. The Balaban J connectivity index is 2.15. The second kappa shape index (κ2) is 7.06. The van der Waals surface area contributed by atoms with Crippen molar-refractivity contribution in [2.24, 2.45) is 0 Å². The number of hydrogen-bond acceptors (Lipinski definition) is 3. The Labute approximate surface area is 124 Å². The molecule has 0 spiro atoms.